The molecule has 0 spiro atoms. The molecule has 0 amide bonds. The first-order valence-corrected chi connectivity index (χ1v) is 6.49. The van der Waals surface area contributed by atoms with Gasteiger partial charge in [-0.15, -0.1) is 11.3 Å². The predicted molar refractivity (Wildman–Crippen MR) is 72.8 cm³/mol. The molecule has 0 radical (unpaired) electrons. The van der Waals surface area contributed by atoms with E-state index in [4.69, 9.17) is 10.5 Å². The van der Waals surface area contributed by atoms with Crippen LogP contribution in [0.1, 0.15) is 6.92 Å². The van der Waals surface area contributed by atoms with Crippen LogP contribution in [-0.2, 0) is 0 Å². The molecule has 3 aromatic rings. The number of ether oxygens (including phenoxy) is 1. The standard InChI is InChI=1S/C12H12N4OS/c1-2-17-9-4-3-8-12(15-9)16-11(14-8)7-5-6-18-10(7)13/h3-6H,2,13H2,1H3,(H,14,15,16). The number of aromatic nitrogens is 3. The Kier molecular flexibility index (Phi) is 2.64. The third kappa shape index (κ3) is 1.80. The summed E-state index contributed by atoms with van der Waals surface area (Å²) in [7, 11) is 0. The first kappa shape index (κ1) is 11.0. The Balaban J connectivity index is 2.08. The molecule has 0 saturated carbocycles. The Morgan fingerprint density at radius 3 is 2.94 bits per heavy atom. The van der Waals surface area contributed by atoms with Gasteiger partial charge < -0.3 is 15.5 Å². The first-order valence-electron chi connectivity index (χ1n) is 5.61. The number of aromatic amines is 1. The Hall–Kier alpha value is -2.08. The van der Waals surface area contributed by atoms with Crippen LogP contribution < -0.4 is 10.5 Å². The predicted octanol–water partition coefficient (Wildman–Crippen LogP) is 2.67. The molecule has 5 nitrogen and oxygen atoms in total. The van der Waals surface area contributed by atoms with Gasteiger partial charge in [0.2, 0.25) is 5.88 Å². The molecule has 6 heteroatoms. The number of imidazole rings is 1. The lowest BCUT2D eigenvalue weighted by Crippen LogP contribution is -1.93. The summed E-state index contributed by atoms with van der Waals surface area (Å²) in [4.78, 5) is 12.0. The molecule has 92 valence electrons. The molecule has 3 rings (SSSR count). The van der Waals surface area contributed by atoms with Crippen molar-refractivity contribution in [2.45, 2.75) is 6.92 Å². The van der Waals surface area contributed by atoms with E-state index in [0.29, 0.717) is 18.1 Å². The summed E-state index contributed by atoms with van der Waals surface area (Å²) >= 11 is 1.49. The molecule has 0 aliphatic heterocycles. The summed E-state index contributed by atoms with van der Waals surface area (Å²) in [6.45, 7) is 2.52. The third-order valence-electron chi connectivity index (χ3n) is 2.56. The number of nitrogens with one attached hydrogen (secondary N) is 1. The zero-order valence-electron chi connectivity index (χ0n) is 9.80. The summed E-state index contributed by atoms with van der Waals surface area (Å²) in [6.07, 6.45) is 0. The highest BCUT2D eigenvalue weighted by atomic mass is 32.1. The molecule has 0 fully saturated rings. The van der Waals surface area contributed by atoms with Crippen molar-refractivity contribution >= 4 is 27.5 Å². The van der Waals surface area contributed by atoms with Gasteiger partial charge in [-0.1, -0.05) is 0 Å². The summed E-state index contributed by atoms with van der Waals surface area (Å²) in [6, 6.07) is 5.68. The van der Waals surface area contributed by atoms with Gasteiger partial charge in [0.25, 0.3) is 0 Å². The highest BCUT2D eigenvalue weighted by Gasteiger charge is 2.10. The van der Waals surface area contributed by atoms with Crippen LogP contribution >= 0.6 is 11.3 Å². The van der Waals surface area contributed by atoms with Crippen LogP contribution in [0.5, 0.6) is 5.88 Å². The fourth-order valence-electron chi connectivity index (χ4n) is 1.75. The van der Waals surface area contributed by atoms with Crippen molar-refractivity contribution in [3.63, 3.8) is 0 Å². The normalized spacial score (nSPS) is 10.9. The number of rotatable bonds is 3. The van der Waals surface area contributed by atoms with Crippen LogP contribution in [0.2, 0.25) is 0 Å². The van der Waals surface area contributed by atoms with Crippen molar-refractivity contribution in [2.24, 2.45) is 0 Å². The quantitative estimate of drug-likeness (QED) is 0.759. The van der Waals surface area contributed by atoms with E-state index in [-0.39, 0.29) is 0 Å². The Bertz CT molecular complexity index is 688. The molecule has 0 aliphatic carbocycles. The zero-order valence-corrected chi connectivity index (χ0v) is 10.6. The van der Waals surface area contributed by atoms with Gasteiger partial charge in [0, 0.05) is 6.07 Å². The number of nitrogens with zero attached hydrogens (tertiary/aromatic N) is 2. The molecule has 3 N–H and O–H groups in total. The second-order valence-electron chi connectivity index (χ2n) is 3.74. The van der Waals surface area contributed by atoms with Crippen LogP contribution in [0.15, 0.2) is 23.6 Å². The molecule has 3 heterocycles. The zero-order chi connectivity index (χ0) is 12.5. The number of nitrogen functional groups attached to an aromatic ring is 1. The minimum Gasteiger partial charge on any atom is -0.478 e. The molecule has 0 atom stereocenters. The van der Waals surface area contributed by atoms with Crippen molar-refractivity contribution in [3.8, 4) is 17.3 Å². The number of anilines is 1. The van der Waals surface area contributed by atoms with Crippen molar-refractivity contribution in [1.29, 1.82) is 0 Å². The second kappa shape index (κ2) is 4.30. The van der Waals surface area contributed by atoms with E-state index in [1.807, 2.05) is 30.5 Å². The average molecular weight is 260 g/mol. The minimum absolute atomic E-state index is 0.585. The molecular weight excluding hydrogens is 248 g/mol. The van der Waals surface area contributed by atoms with E-state index in [2.05, 4.69) is 15.0 Å². The highest BCUT2D eigenvalue weighted by molar-refractivity contribution is 7.14. The van der Waals surface area contributed by atoms with Gasteiger partial charge >= 0.3 is 0 Å². The third-order valence-corrected chi connectivity index (χ3v) is 3.31. The number of nitrogens with two attached hydrogens (primary N) is 1. The van der Waals surface area contributed by atoms with Gasteiger partial charge in [-0.3, -0.25) is 0 Å². The lowest BCUT2D eigenvalue weighted by Gasteiger charge is -1.99. The lowest BCUT2D eigenvalue weighted by atomic mass is 10.3. The second-order valence-corrected chi connectivity index (χ2v) is 4.69. The molecule has 0 unspecified atom stereocenters. The van der Waals surface area contributed by atoms with Crippen LogP contribution in [-0.4, -0.2) is 21.6 Å². The first-order chi connectivity index (χ1) is 8.78. The van der Waals surface area contributed by atoms with Crippen LogP contribution in [0.4, 0.5) is 5.00 Å². The van der Waals surface area contributed by atoms with Crippen molar-refractivity contribution in [2.75, 3.05) is 12.3 Å². The molecule has 18 heavy (non-hydrogen) atoms. The van der Waals surface area contributed by atoms with Crippen LogP contribution in [0.3, 0.4) is 0 Å². The topological polar surface area (TPSA) is 76.8 Å². The number of hydrogen-bond donors (Lipinski definition) is 2. The minimum atomic E-state index is 0.585. The highest BCUT2D eigenvalue weighted by Crippen LogP contribution is 2.29. The Morgan fingerprint density at radius 1 is 1.33 bits per heavy atom. The van der Waals surface area contributed by atoms with E-state index >= 15 is 0 Å². The maximum absolute atomic E-state index is 5.89. The van der Waals surface area contributed by atoms with Crippen molar-refractivity contribution in [3.05, 3.63) is 23.6 Å². The Labute approximate surface area is 108 Å². The number of hydrogen-bond acceptors (Lipinski definition) is 5. The van der Waals surface area contributed by atoms with Gasteiger partial charge in [-0.05, 0) is 24.4 Å². The monoisotopic (exact) mass is 260 g/mol. The van der Waals surface area contributed by atoms with Gasteiger partial charge in [0.1, 0.15) is 5.82 Å². The lowest BCUT2D eigenvalue weighted by molar-refractivity contribution is 0.328. The molecule has 0 saturated heterocycles. The summed E-state index contributed by atoms with van der Waals surface area (Å²) in [5, 5.41) is 2.69. The van der Waals surface area contributed by atoms with Gasteiger partial charge in [0.05, 0.1) is 22.7 Å². The maximum Gasteiger partial charge on any atom is 0.215 e. The van der Waals surface area contributed by atoms with Gasteiger partial charge in [-0.25, -0.2) is 4.98 Å². The van der Waals surface area contributed by atoms with Crippen molar-refractivity contribution < 1.29 is 4.74 Å². The van der Waals surface area contributed by atoms with E-state index < -0.39 is 0 Å². The number of H-pyrrole nitrogens is 1. The van der Waals surface area contributed by atoms with Crippen molar-refractivity contribution in [1.82, 2.24) is 15.0 Å². The number of fused-ring (bicyclic) bond motifs is 1. The van der Waals surface area contributed by atoms with E-state index in [1.165, 1.54) is 11.3 Å². The smallest absolute Gasteiger partial charge is 0.215 e. The fourth-order valence-corrected chi connectivity index (χ4v) is 2.39. The van der Waals surface area contributed by atoms with E-state index in [9.17, 15) is 0 Å². The SMILES string of the molecule is CCOc1ccc2[nH]c(-c3ccsc3N)nc2n1. The number of pyridine rings is 1. The largest absolute Gasteiger partial charge is 0.478 e. The molecule has 0 aromatic carbocycles. The fraction of sp³-hybridized carbons (Fsp3) is 0.167. The molecule has 3 aromatic heterocycles. The van der Waals surface area contributed by atoms with E-state index in [0.717, 1.165) is 21.9 Å². The van der Waals surface area contributed by atoms with Gasteiger partial charge in [-0.2, -0.15) is 4.98 Å². The summed E-state index contributed by atoms with van der Waals surface area (Å²) in [5.74, 6) is 1.33. The van der Waals surface area contributed by atoms with E-state index in [1.54, 1.807) is 0 Å². The summed E-state index contributed by atoms with van der Waals surface area (Å²) < 4.78 is 5.35. The average Bonchev–Trinajstić information content (AvgIpc) is 2.94. The van der Waals surface area contributed by atoms with Crippen LogP contribution in [0.25, 0.3) is 22.6 Å². The maximum atomic E-state index is 5.89. The molecular formula is C12H12N4OS. The Morgan fingerprint density at radius 2 is 2.22 bits per heavy atom. The summed E-state index contributed by atoms with van der Waals surface area (Å²) in [5.41, 5.74) is 8.31. The molecule has 0 bridgehead atoms. The number of thiophene rings is 1. The van der Waals surface area contributed by atoms with Gasteiger partial charge in [0.15, 0.2) is 5.65 Å². The molecule has 0 aliphatic rings. The van der Waals surface area contributed by atoms with Crippen LogP contribution in [0, 0.1) is 0 Å².